The molecule has 5 heteroatoms. The number of thiazole rings is 1. The van der Waals surface area contributed by atoms with Gasteiger partial charge in [-0.25, -0.2) is 4.98 Å². The van der Waals surface area contributed by atoms with Gasteiger partial charge in [-0.2, -0.15) is 0 Å². The highest BCUT2D eigenvalue weighted by atomic mass is 32.1. The zero-order valence-electron chi connectivity index (χ0n) is 13.1. The van der Waals surface area contributed by atoms with Crippen molar-refractivity contribution in [3.8, 4) is 0 Å². The normalized spacial score (nSPS) is 17.9. The van der Waals surface area contributed by atoms with Crippen LogP contribution in [0.15, 0.2) is 0 Å². The largest absolute Gasteiger partial charge is 0.379 e. The number of aromatic nitrogens is 1. The van der Waals surface area contributed by atoms with E-state index in [0.29, 0.717) is 5.92 Å². The first-order chi connectivity index (χ1) is 9.38. The van der Waals surface area contributed by atoms with E-state index in [9.17, 15) is 0 Å². The number of hydrogen-bond donors (Lipinski definition) is 1. The number of rotatable bonds is 5. The average Bonchev–Trinajstić information content (AvgIpc) is 2.82. The van der Waals surface area contributed by atoms with E-state index >= 15 is 0 Å². The Bertz CT molecular complexity index is 431. The van der Waals surface area contributed by atoms with Gasteiger partial charge in [-0.3, -0.25) is 4.90 Å². The van der Waals surface area contributed by atoms with Crippen LogP contribution in [0.25, 0.3) is 0 Å². The molecule has 1 aliphatic rings. The maximum absolute atomic E-state index is 6.29. The molecule has 1 fully saturated rings. The van der Waals surface area contributed by atoms with Gasteiger partial charge in [0.1, 0.15) is 0 Å². The fourth-order valence-corrected chi connectivity index (χ4v) is 3.64. The summed E-state index contributed by atoms with van der Waals surface area (Å²) in [6.07, 6.45) is 1.01. The number of ether oxygens (including phenoxy) is 1. The van der Waals surface area contributed by atoms with Crippen LogP contribution in [0.4, 0.5) is 0 Å². The van der Waals surface area contributed by atoms with Crippen molar-refractivity contribution in [2.75, 3.05) is 32.8 Å². The van der Waals surface area contributed by atoms with Crippen LogP contribution >= 0.6 is 11.3 Å². The SMILES string of the molecule is CC(C)c1nc(CCN2CCOCC2)sc1C(C)(C)N. The first kappa shape index (κ1) is 15.9. The topological polar surface area (TPSA) is 51.4 Å². The van der Waals surface area contributed by atoms with Gasteiger partial charge < -0.3 is 10.5 Å². The zero-order chi connectivity index (χ0) is 14.8. The first-order valence-electron chi connectivity index (χ1n) is 7.47. The Kier molecular flexibility index (Phi) is 5.18. The van der Waals surface area contributed by atoms with Crippen molar-refractivity contribution in [3.05, 3.63) is 15.6 Å². The van der Waals surface area contributed by atoms with Crippen molar-refractivity contribution in [3.63, 3.8) is 0 Å². The Morgan fingerprint density at radius 2 is 2.00 bits per heavy atom. The molecule has 1 aromatic heterocycles. The fourth-order valence-electron chi connectivity index (χ4n) is 2.42. The number of morpholine rings is 1. The molecule has 0 unspecified atom stereocenters. The smallest absolute Gasteiger partial charge is 0.0944 e. The summed E-state index contributed by atoms with van der Waals surface area (Å²) in [5, 5.41) is 1.22. The minimum Gasteiger partial charge on any atom is -0.379 e. The maximum Gasteiger partial charge on any atom is 0.0944 e. The highest BCUT2D eigenvalue weighted by Gasteiger charge is 2.25. The second kappa shape index (κ2) is 6.52. The molecule has 2 heterocycles. The average molecular weight is 297 g/mol. The van der Waals surface area contributed by atoms with Crippen LogP contribution in [0.3, 0.4) is 0 Å². The quantitative estimate of drug-likeness (QED) is 0.906. The summed E-state index contributed by atoms with van der Waals surface area (Å²) in [5.74, 6) is 0.432. The van der Waals surface area contributed by atoms with Crippen molar-refractivity contribution in [2.24, 2.45) is 5.73 Å². The fraction of sp³-hybridized carbons (Fsp3) is 0.800. The summed E-state index contributed by atoms with van der Waals surface area (Å²) in [6.45, 7) is 13.4. The molecule has 0 aromatic carbocycles. The molecule has 2 N–H and O–H groups in total. The predicted molar refractivity (Wildman–Crippen MR) is 84.4 cm³/mol. The van der Waals surface area contributed by atoms with Gasteiger partial charge in [0.25, 0.3) is 0 Å². The number of hydrogen-bond acceptors (Lipinski definition) is 5. The Labute approximate surface area is 126 Å². The molecule has 0 aliphatic carbocycles. The third-order valence-corrected chi connectivity index (χ3v) is 5.05. The van der Waals surface area contributed by atoms with Gasteiger partial charge in [0.2, 0.25) is 0 Å². The second-order valence-corrected chi connectivity index (χ2v) is 7.49. The lowest BCUT2D eigenvalue weighted by Crippen LogP contribution is -2.37. The maximum atomic E-state index is 6.29. The highest BCUT2D eigenvalue weighted by Crippen LogP contribution is 2.32. The number of nitrogens with two attached hydrogens (primary N) is 1. The van der Waals surface area contributed by atoms with Gasteiger partial charge in [0.15, 0.2) is 0 Å². The summed E-state index contributed by atoms with van der Waals surface area (Å²) in [7, 11) is 0. The van der Waals surface area contributed by atoms with Gasteiger partial charge in [-0.1, -0.05) is 13.8 Å². The van der Waals surface area contributed by atoms with Gasteiger partial charge in [-0.15, -0.1) is 11.3 Å². The van der Waals surface area contributed by atoms with Crippen LogP contribution < -0.4 is 5.73 Å². The Hall–Kier alpha value is -0.490. The molecular formula is C15H27N3OS. The van der Waals surface area contributed by atoms with Gasteiger partial charge in [0.05, 0.1) is 23.9 Å². The van der Waals surface area contributed by atoms with E-state index in [4.69, 9.17) is 15.5 Å². The molecule has 0 amide bonds. The van der Waals surface area contributed by atoms with E-state index < -0.39 is 0 Å². The molecule has 20 heavy (non-hydrogen) atoms. The summed E-state index contributed by atoms with van der Waals surface area (Å²) in [4.78, 5) is 8.53. The molecule has 0 saturated carbocycles. The summed E-state index contributed by atoms with van der Waals surface area (Å²) in [6, 6.07) is 0. The van der Waals surface area contributed by atoms with Crippen molar-refractivity contribution < 1.29 is 4.74 Å². The lowest BCUT2D eigenvalue weighted by molar-refractivity contribution is 0.0384. The van der Waals surface area contributed by atoms with Crippen molar-refractivity contribution >= 4 is 11.3 Å². The molecule has 0 spiro atoms. The Morgan fingerprint density at radius 3 is 2.50 bits per heavy atom. The van der Waals surface area contributed by atoms with E-state index in [1.165, 1.54) is 15.6 Å². The Balaban J connectivity index is 2.04. The van der Waals surface area contributed by atoms with E-state index in [0.717, 1.165) is 39.3 Å². The molecule has 1 aromatic rings. The highest BCUT2D eigenvalue weighted by molar-refractivity contribution is 7.11. The second-order valence-electron chi connectivity index (χ2n) is 6.40. The lowest BCUT2D eigenvalue weighted by Gasteiger charge is -2.26. The Morgan fingerprint density at radius 1 is 1.35 bits per heavy atom. The zero-order valence-corrected chi connectivity index (χ0v) is 13.9. The molecule has 0 atom stereocenters. The van der Waals surface area contributed by atoms with Crippen LogP contribution in [0.2, 0.25) is 0 Å². The predicted octanol–water partition coefficient (Wildman–Crippen LogP) is 2.34. The van der Waals surface area contributed by atoms with Crippen LogP contribution in [0.5, 0.6) is 0 Å². The summed E-state index contributed by atoms with van der Waals surface area (Å²) < 4.78 is 5.38. The molecule has 0 bridgehead atoms. The van der Waals surface area contributed by atoms with Gasteiger partial charge in [0, 0.05) is 36.5 Å². The molecule has 0 radical (unpaired) electrons. The minimum atomic E-state index is -0.297. The van der Waals surface area contributed by atoms with Crippen molar-refractivity contribution in [1.29, 1.82) is 0 Å². The molecule has 4 nitrogen and oxygen atoms in total. The standard InChI is InChI=1S/C15H27N3OS/c1-11(2)13-14(15(3,4)16)20-12(17-13)5-6-18-7-9-19-10-8-18/h11H,5-10,16H2,1-4H3. The van der Waals surface area contributed by atoms with Crippen molar-refractivity contribution in [2.45, 2.75) is 45.6 Å². The first-order valence-corrected chi connectivity index (χ1v) is 8.28. The minimum absolute atomic E-state index is 0.297. The van der Waals surface area contributed by atoms with E-state index in [1.807, 2.05) is 0 Å². The van der Waals surface area contributed by atoms with Crippen LogP contribution in [0, 0.1) is 0 Å². The van der Waals surface area contributed by atoms with Crippen LogP contribution in [-0.2, 0) is 16.7 Å². The molecule has 1 saturated heterocycles. The van der Waals surface area contributed by atoms with E-state index in [2.05, 4.69) is 32.6 Å². The van der Waals surface area contributed by atoms with Gasteiger partial charge in [-0.05, 0) is 19.8 Å². The monoisotopic (exact) mass is 297 g/mol. The molecule has 1 aliphatic heterocycles. The molecule has 2 rings (SSSR count). The molecular weight excluding hydrogens is 270 g/mol. The van der Waals surface area contributed by atoms with Crippen LogP contribution in [-0.4, -0.2) is 42.7 Å². The summed E-state index contributed by atoms with van der Waals surface area (Å²) in [5.41, 5.74) is 7.17. The van der Waals surface area contributed by atoms with Crippen LogP contribution in [0.1, 0.15) is 49.2 Å². The van der Waals surface area contributed by atoms with Crippen molar-refractivity contribution in [1.82, 2.24) is 9.88 Å². The lowest BCUT2D eigenvalue weighted by atomic mass is 9.98. The third kappa shape index (κ3) is 4.01. The van der Waals surface area contributed by atoms with Gasteiger partial charge >= 0.3 is 0 Å². The number of nitrogens with zero attached hydrogens (tertiary/aromatic N) is 2. The third-order valence-electron chi connectivity index (χ3n) is 3.58. The van der Waals surface area contributed by atoms with E-state index in [-0.39, 0.29) is 5.54 Å². The van der Waals surface area contributed by atoms with E-state index in [1.54, 1.807) is 11.3 Å². The molecule has 114 valence electrons. The summed E-state index contributed by atoms with van der Waals surface area (Å²) >= 11 is 1.79.